The van der Waals surface area contributed by atoms with Gasteiger partial charge in [-0.25, -0.2) is 0 Å². The van der Waals surface area contributed by atoms with Crippen LogP contribution in [-0.4, -0.2) is 18.4 Å². The summed E-state index contributed by atoms with van der Waals surface area (Å²) in [6.45, 7) is 5.18. The Morgan fingerprint density at radius 1 is 1.47 bits per heavy atom. The summed E-state index contributed by atoms with van der Waals surface area (Å²) in [6.07, 6.45) is 2.31. The molecule has 1 heterocycles. The first-order valence-corrected chi connectivity index (χ1v) is 7.45. The summed E-state index contributed by atoms with van der Waals surface area (Å²) in [5.74, 6) is 2.23. The van der Waals surface area contributed by atoms with Gasteiger partial charge in [0, 0.05) is 6.04 Å². The van der Waals surface area contributed by atoms with E-state index in [1.54, 1.807) is 0 Å². The molecule has 1 aromatic rings. The minimum atomic E-state index is 0.420. The highest BCUT2D eigenvalue weighted by Crippen LogP contribution is 2.32. The number of hydrogen-bond donors (Lipinski definition) is 1. The van der Waals surface area contributed by atoms with Crippen LogP contribution in [0.1, 0.15) is 37.6 Å². The van der Waals surface area contributed by atoms with Gasteiger partial charge in [0.05, 0.1) is 12.0 Å². The van der Waals surface area contributed by atoms with Crippen LogP contribution in [-0.2, 0) is 0 Å². The Labute approximate surface area is 108 Å². The smallest absolute Gasteiger partial charge is 0.119 e. The van der Waals surface area contributed by atoms with E-state index >= 15 is 0 Å². The first kappa shape index (κ1) is 12.8. The van der Waals surface area contributed by atoms with Crippen molar-refractivity contribution in [1.29, 1.82) is 0 Å². The van der Waals surface area contributed by atoms with Crippen LogP contribution in [0, 0.1) is 0 Å². The molecule has 1 aromatic carbocycles. The molecule has 0 bridgehead atoms. The largest absolute Gasteiger partial charge is 0.494 e. The lowest BCUT2D eigenvalue weighted by Crippen LogP contribution is -2.33. The van der Waals surface area contributed by atoms with E-state index in [4.69, 9.17) is 4.74 Å². The summed E-state index contributed by atoms with van der Waals surface area (Å²) in [5, 5.41) is 4.04. The Balaban J connectivity index is 2.04. The molecule has 0 amide bonds. The van der Waals surface area contributed by atoms with Gasteiger partial charge in [0.1, 0.15) is 5.75 Å². The molecular weight excluding hydrogens is 230 g/mol. The van der Waals surface area contributed by atoms with E-state index in [-0.39, 0.29) is 0 Å². The molecule has 17 heavy (non-hydrogen) atoms. The maximum Gasteiger partial charge on any atom is 0.119 e. The van der Waals surface area contributed by atoms with Crippen molar-refractivity contribution >= 4 is 11.8 Å². The highest BCUT2D eigenvalue weighted by Gasteiger charge is 2.19. The van der Waals surface area contributed by atoms with E-state index in [2.05, 4.69) is 37.4 Å². The second-order valence-electron chi connectivity index (χ2n) is 4.53. The van der Waals surface area contributed by atoms with E-state index in [1.807, 2.05) is 17.8 Å². The van der Waals surface area contributed by atoms with Crippen LogP contribution in [0.15, 0.2) is 24.3 Å². The van der Waals surface area contributed by atoms with Gasteiger partial charge < -0.3 is 4.74 Å². The van der Waals surface area contributed by atoms with E-state index in [9.17, 15) is 0 Å². The Kier molecular flexibility index (Phi) is 4.75. The van der Waals surface area contributed by atoms with Crippen molar-refractivity contribution in [3.05, 3.63) is 29.8 Å². The molecule has 2 unspecified atom stereocenters. The Bertz CT molecular complexity index is 356. The van der Waals surface area contributed by atoms with Crippen molar-refractivity contribution in [3.8, 4) is 5.75 Å². The SMILES string of the molecule is CCCOc1cccc(C2NC(C)CCS2)c1. The molecule has 0 radical (unpaired) electrons. The summed E-state index contributed by atoms with van der Waals surface area (Å²) >= 11 is 1.99. The van der Waals surface area contributed by atoms with Gasteiger partial charge in [0.25, 0.3) is 0 Å². The Morgan fingerprint density at radius 3 is 3.12 bits per heavy atom. The summed E-state index contributed by atoms with van der Waals surface area (Å²) < 4.78 is 5.68. The number of rotatable bonds is 4. The molecule has 1 aliphatic heterocycles. The molecule has 2 atom stereocenters. The molecule has 1 N–H and O–H groups in total. The number of benzene rings is 1. The highest BCUT2D eigenvalue weighted by molar-refractivity contribution is 7.99. The van der Waals surface area contributed by atoms with Crippen LogP contribution < -0.4 is 10.1 Å². The van der Waals surface area contributed by atoms with Gasteiger partial charge in [0.15, 0.2) is 0 Å². The highest BCUT2D eigenvalue weighted by atomic mass is 32.2. The van der Waals surface area contributed by atoms with E-state index in [0.29, 0.717) is 11.4 Å². The average Bonchev–Trinajstić information content (AvgIpc) is 2.37. The lowest BCUT2D eigenvalue weighted by molar-refractivity contribution is 0.317. The Morgan fingerprint density at radius 2 is 2.35 bits per heavy atom. The van der Waals surface area contributed by atoms with E-state index in [0.717, 1.165) is 18.8 Å². The van der Waals surface area contributed by atoms with Gasteiger partial charge in [-0.3, -0.25) is 5.32 Å². The van der Waals surface area contributed by atoms with Crippen molar-refractivity contribution in [1.82, 2.24) is 5.32 Å². The second-order valence-corrected chi connectivity index (χ2v) is 5.74. The fourth-order valence-corrected chi connectivity index (χ4v) is 3.33. The first-order chi connectivity index (χ1) is 8.29. The first-order valence-electron chi connectivity index (χ1n) is 6.40. The molecule has 94 valence electrons. The number of hydrogen-bond acceptors (Lipinski definition) is 3. The predicted octanol–water partition coefficient (Wildman–Crippen LogP) is 3.59. The van der Waals surface area contributed by atoms with Crippen LogP contribution in [0.2, 0.25) is 0 Å². The number of nitrogens with one attached hydrogen (secondary N) is 1. The summed E-state index contributed by atoms with van der Waals surface area (Å²) in [5.41, 5.74) is 1.33. The third-order valence-corrected chi connectivity index (χ3v) is 4.12. The normalized spacial score (nSPS) is 24.6. The van der Waals surface area contributed by atoms with Crippen molar-refractivity contribution < 1.29 is 4.74 Å². The summed E-state index contributed by atoms with van der Waals surface area (Å²) in [6, 6.07) is 9.08. The van der Waals surface area contributed by atoms with Gasteiger partial charge in [-0.15, -0.1) is 11.8 Å². The zero-order valence-corrected chi connectivity index (χ0v) is 11.4. The van der Waals surface area contributed by atoms with Gasteiger partial charge in [-0.1, -0.05) is 19.1 Å². The predicted molar refractivity (Wildman–Crippen MR) is 74.6 cm³/mol. The van der Waals surface area contributed by atoms with E-state index in [1.165, 1.54) is 17.7 Å². The number of thioether (sulfide) groups is 1. The molecule has 2 rings (SSSR count). The zero-order chi connectivity index (χ0) is 12.1. The molecule has 1 saturated heterocycles. The fourth-order valence-electron chi connectivity index (χ4n) is 1.93. The Hall–Kier alpha value is -0.670. The van der Waals surface area contributed by atoms with Crippen molar-refractivity contribution in [2.75, 3.05) is 12.4 Å². The maximum atomic E-state index is 5.68. The van der Waals surface area contributed by atoms with Gasteiger partial charge >= 0.3 is 0 Å². The fraction of sp³-hybridized carbons (Fsp3) is 0.571. The molecule has 0 aromatic heterocycles. The number of ether oxygens (including phenoxy) is 1. The third kappa shape index (κ3) is 3.65. The van der Waals surface area contributed by atoms with Gasteiger partial charge in [-0.2, -0.15) is 0 Å². The average molecular weight is 251 g/mol. The molecule has 2 nitrogen and oxygen atoms in total. The lowest BCUT2D eigenvalue weighted by Gasteiger charge is -2.28. The molecule has 3 heteroatoms. The maximum absolute atomic E-state index is 5.68. The topological polar surface area (TPSA) is 21.3 Å². The van der Waals surface area contributed by atoms with E-state index < -0.39 is 0 Å². The van der Waals surface area contributed by atoms with Gasteiger partial charge in [-0.05, 0) is 43.2 Å². The molecule has 0 aliphatic carbocycles. The third-order valence-electron chi connectivity index (χ3n) is 2.90. The molecular formula is C14H21NOS. The van der Waals surface area contributed by atoms with Crippen LogP contribution in [0.3, 0.4) is 0 Å². The molecule has 0 saturated carbocycles. The minimum absolute atomic E-state index is 0.420. The van der Waals surface area contributed by atoms with Crippen molar-refractivity contribution in [3.63, 3.8) is 0 Å². The van der Waals surface area contributed by atoms with Crippen LogP contribution >= 0.6 is 11.8 Å². The molecule has 0 spiro atoms. The quantitative estimate of drug-likeness (QED) is 0.883. The summed E-state index contributed by atoms with van der Waals surface area (Å²) in [4.78, 5) is 0. The zero-order valence-electron chi connectivity index (χ0n) is 10.6. The standard InChI is InChI=1S/C14H21NOS/c1-3-8-16-13-6-4-5-12(10-13)14-15-11(2)7-9-17-14/h4-6,10-11,14-15H,3,7-9H2,1-2H3. The molecule has 1 aliphatic rings. The van der Waals surface area contributed by atoms with Crippen molar-refractivity contribution in [2.24, 2.45) is 0 Å². The minimum Gasteiger partial charge on any atom is -0.494 e. The second kappa shape index (κ2) is 6.31. The van der Waals surface area contributed by atoms with Crippen LogP contribution in [0.25, 0.3) is 0 Å². The molecule has 1 fully saturated rings. The monoisotopic (exact) mass is 251 g/mol. The summed E-state index contributed by atoms with van der Waals surface area (Å²) in [7, 11) is 0. The van der Waals surface area contributed by atoms with Crippen LogP contribution in [0.4, 0.5) is 0 Å². The lowest BCUT2D eigenvalue weighted by atomic mass is 10.2. The van der Waals surface area contributed by atoms with Gasteiger partial charge in [0.2, 0.25) is 0 Å². The van der Waals surface area contributed by atoms with Crippen molar-refractivity contribution in [2.45, 2.75) is 38.1 Å². The van der Waals surface area contributed by atoms with Crippen LogP contribution in [0.5, 0.6) is 5.75 Å².